The zero-order valence-electron chi connectivity index (χ0n) is 15.6. The summed E-state index contributed by atoms with van der Waals surface area (Å²) in [5, 5.41) is 5.03. The van der Waals surface area contributed by atoms with Gasteiger partial charge in [0.1, 0.15) is 5.69 Å². The molecule has 0 aliphatic carbocycles. The third-order valence-electron chi connectivity index (χ3n) is 4.95. The van der Waals surface area contributed by atoms with Gasteiger partial charge in [-0.3, -0.25) is 14.6 Å². The molecule has 2 aromatic heterocycles. The van der Waals surface area contributed by atoms with Gasteiger partial charge in [-0.15, -0.1) is 0 Å². The Morgan fingerprint density at radius 2 is 1.85 bits per heavy atom. The second kappa shape index (κ2) is 7.66. The van der Waals surface area contributed by atoms with E-state index >= 15 is 0 Å². The number of nitrogens with zero attached hydrogens (tertiary/aromatic N) is 6. The van der Waals surface area contributed by atoms with Crippen molar-refractivity contribution < 1.29 is 0 Å². The monoisotopic (exact) mass is 382 g/mol. The van der Waals surface area contributed by atoms with Crippen molar-refractivity contribution in [2.45, 2.75) is 13.5 Å². The van der Waals surface area contributed by atoms with Crippen LogP contribution in [0.1, 0.15) is 11.1 Å². The lowest BCUT2D eigenvalue weighted by Crippen LogP contribution is -2.46. The van der Waals surface area contributed by atoms with E-state index < -0.39 is 0 Å². The summed E-state index contributed by atoms with van der Waals surface area (Å²) in [7, 11) is 1.95. The van der Waals surface area contributed by atoms with Gasteiger partial charge in [-0.25, -0.2) is 4.98 Å². The van der Waals surface area contributed by atoms with Crippen LogP contribution in [0.3, 0.4) is 0 Å². The Bertz CT molecular complexity index is 930. The molecule has 3 heterocycles. The van der Waals surface area contributed by atoms with Crippen molar-refractivity contribution in [3.63, 3.8) is 0 Å². The van der Waals surface area contributed by atoms with Crippen molar-refractivity contribution in [3.05, 3.63) is 59.1 Å². The molecule has 1 aliphatic heterocycles. The van der Waals surface area contributed by atoms with Crippen molar-refractivity contribution in [1.82, 2.24) is 24.6 Å². The average Bonchev–Trinajstić information content (AvgIpc) is 3.09. The SMILES string of the molecule is Cc1cc(-c2nccnc2N2CCN(Cc3cnn(C)c3)CC2)ccc1Cl. The molecule has 140 valence electrons. The summed E-state index contributed by atoms with van der Waals surface area (Å²) in [5.41, 5.74) is 4.27. The van der Waals surface area contributed by atoms with E-state index in [0.29, 0.717) is 0 Å². The van der Waals surface area contributed by atoms with Crippen LogP contribution in [0.25, 0.3) is 11.3 Å². The molecule has 27 heavy (non-hydrogen) atoms. The van der Waals surface area contributed by atoms with Gasteiger partial charge in [0.2, 0.25) is 0 Å². The van der Waals surface area contributed by atoms with Gasteiger partial charge in [0, 0.05) is 74.5 Å². The molecule has 4 rings (SSSR count). The molecular formula is C20H23ClN6. The molecule has 0 bridgehead atoms. The third-order valence-corrected chi connectivity index (χ3v) is 5.37. The fourth-order valence-corrected chi connectivity index (χ4v) is 3.60. The number of hydrogen-bond donors (Lipinski definition) is 0. The van der Waals surface area contributed by atoms with E-state index in [1.165, 1.54) is 5.56 Å². The minimum atomic E-state index is 0.771. The molecule has 1 saturated heterocycles. The fourth-order valence-electron chi connectivity index (χ4n) is 3.49. The normalized spacial score (nSPS) is 15.3. The van der Waals surface area contributed by atoms with Crippen LogP contribution in [0.2, 0.25) is 5.02 Å². The van der Waals surface area contributed by atoms with Crippen molar-refractivity contribution in [1.29, 1.82) is 0 Å². The molecule has 1 fully saturated rings. The van der Waals surface area contributed by atoms with Crippen molar-refractivity contribution in [2.75, 3.05) is 31.1 Å². The molecule has 7 heteroatoms. The summed E-state index contributed by atoms with van der Waals surface area (Å²) in [6.07, 6.45) is 7.54. The van der Waals surface area contributed by atoms with Crippen molar-refractivity contribution >= 4 is 17.4 Å². The Labute approximate surface area is 164 Å². The number of aromatic nitrogens is 4. The van der Waals surface area contributed by atoms with Crippen molar-refractivity contribution in [2.24, 2.45) is 7.05 Å². The van der Waals surface area contributed by atoms with Crippen LogP contribution in [0.4, 0.5) is 5.82 Å². The minimum absolute atomic E-state index is 0.771. The number of rotatable bonds is 4. The summed E-state index contributed by atoms with van der Waals surface area (Å²) in [6.45, 7) is 6.79. The lowest BCUT2D eigenvalue weighted by molar-refractivity contribution is 0.249. The molecule has 3 aromatic rings. The van der Waals surface area contributed by atoms with Crippen LogP contribution in [0.15, 0.2) is 43.0 Å². The topological polar surface area (TPSA) is 50.1 Å². The van der Waals surface area contributed by atoms with Gasteiger partial charge in [-0.1, -0.05) is 17.7 Å². The van der Waals surface area contributed by atoms with Gasteiger partial charge >= 0.3 is 0 Å². The fraction of sp³-hybridized carbons (Fsp3) is 0.350. The first-order valence-corrected chi connectivity index (χ1v) is 9.50. The van der Waals surface area contributed by atoms with Crippen LogP contribution < -0.4 is 4.90 Å². The molecule has 1 aromatic carbocycles. The Morgan fingerprint density at radius 1 is 1.07 bits per heavy atom. The molecule has 6 nitrogen and oxygen atoms in total. The smallest absolute Gasteiger partial charge is 0.155 e. The molecular weight excluding hydrogens is 360 g/mol. The number of aryl methyl sites for hydroxylation is 2. The standard InChI is InChI=1S/C20H23ClN6/c1-15-11-17(3-4-18(15)21)19-20(23-6-5-22-19)27-9-7-26(8-10-27)14-16-12-24-25(2)13-16/h3-6,11-13H,7-10,14H2,1-2H3. The second-order valence-corrected chi connectivity index (χ2v) is 7.39. The van der Waals surface area contributed by atoms with Gasteiger partial charge in [-0.2, -0.15) is 5.10 Å². The highest BCUT2D eigenvalue weighted by molar-refractivity contribution is 6.31. The number of benzene rings is 1. The van der Waals surface area contributed by atoms with Gasteiger partial charge in [0.15, 0.2) is 5.82 Å². The van der Waals surface area contributed by atoms with E-state index in [-0.39, 0.29) is 0 Å². The predicted molar refractivity (Wildman–Crippen MR) is 108 cm³/mol. The van der Waals surface area contributed by atoms with E-state index in [1.807, 2.05) is 37.0 Å². The molecule has 0 radical (unpaired) electrons. The maximum absolute atomic E-state index is 6.18. The molecule has 0 unspecified atom stereocenters. The quantitative estimate of drug-likeness (QED) is 0.693. The third kappa shape index (κ3) is 3.96. The lowest BCUT2D eigenvalue weighted by Gasteiger charge is -2.35. The van der Waals surface area contributed by atoms with Crippen LogP contribution in [0.5, 0.6) is 0 Å². The van der Waals surface area contributed by atoms with E-state index in [0.717, 1.165) is 60.4 Å². The minimum Gasteiger partial charge on any atom is -0.352 e. The molecule has 0 spiro atoms. The number of piperazine rings is 1. The van der Waals surface area contributed by atoms with Crippen molar-refractivity contribution in [3.8, 4) is 11.3 Å². The highest BCUT2D eigenvalue weighted by atomic mass is 35.5. The van der Waals surface area contributed by atoms with Crippen LogP contribution in [0, 0.1) is 6.92 Å². The van der Waals surface area contributed by atoms with E-state index in [1.54, 1.807) is 12.4 Å². The Kier molecular flexibility index (Phi) is 5.09. The Hall–Kier alpha value is -2.44. The first-order valence-electron chi connectivity index (χ1n) is 9.12. The first kappa shape index (κ1) is 17.9. The van der Waals surface area contributed by atoms with E-state index in [4.69, 9.17) is 11.6 Å². The van der Waals surface area contributed by atoms with Gasteiger partial charge in [0.25, 0.3) is 0 Å². The first-order chi connectivity index (χ1) is 13.1. The van der Waals surface area contributed by atoms with Gasteiger partial charge < -0.3 is 4.90 Å². The highest BCUT2D eigenvalue weighted by Crippen LogP contribution is 2.30. The molecule has 0 N–H and O–H groups in total. The molecule has 0 amide bonds. The van der Waals surface area contributed by atoms with Crippen LogP contribution in [-0.4, -0.2) is 50.8 Å². The molecule has 1 aliphatic rings. The largest absolute Gasteiger partial charge is 0.352 e. The van der Waals surface area contributed by atoms with E-state index in [2.05, 4.69) is 37.1 Å². The zero-order chi connectivity index (χ0) is 18.8. The summed E-state index contributed by atoms with van der Waals surface area (Å²) in [6, 6.07) is 6.02. The number of halogens is 1. The molecule has 0 saturated carbocycles. The highest BCUT2D eigenvalue weighted by Gasteiger charge is 2.22. The zero-order valence-corrected chi connectivity index (χ0v) is 16.4. The maximum atomic E-state index is 6.18. The van der Waals surface area contributed by atoms with Crippen LogP contribution in [-0.2, 0) is 13.6 Å². The molecule has 0 atom stereocenters. The summed E-state index contributed by atoms with van der Waals surface area (Å²) in [5.74, 6) is 0.945. The average molecular weight is 383 g/mol. The van der Waals surface area contributed by atoms with E-state index in [9.17, 15) is 0 Å². The summed E-state index contributed by atoms with van der Waals surface area (Å²) < 4.78 is 1.85. The van der Waals surface area contributed by atoms with Gasteiger partial charge in [-0.05, 0) is 24.6 Å². The summed E-state index contributed by atoms with van der Waals surface area (Å²) >= 11 is 6.18. The number of anilines is 1. The predicted octanol–water partition coefficient (Wildman–Crippen LogP) is 3.16. The van der Waals surface area contributed by atoms with Gasteiger partial charge in [0.05, 0.1) is 6.20 Å². The Balaban J connectivity index is 1.49. The number of hydrogen-bond acceptors (Lipinski definition) is 5. The summed E-state index contributed by atoms with van der Waals surface area (Å²) in [4.78, 5) is 14.0. The maximum Gasteiger partial charge on any atom is 0.155 e. The second-order valence-electron chi connectivity index (χ2n) is 6.98. The Morgan fingerprint density at radius 3 is 2.56 bits per heavy atom. The lowest BCUT2D eigenvalue weighted by atomic mass is 10.1. The van der Waals surface area contributed by atoms with Crippen LogP contribution >= 0.6 is 11.6 Å².